The molecule has 0 atom stereocenters. The van der Waals surface area contributed by atoms with Crippen molar-refractivity contribution in [3.63, 3.8) is 0 Å². The van der Waals surface area contributed by atoms with Crippen molar-refractivity contribution in [2.75, 3.05) is 33.5 Å². The molecule has 0 amide bonds. The molecule has 0 saturated carbocycles. The van der Waals surface area contributed by atoms with Gasteiger partial charge in [-0.15, -0.1) is 0 Å². The summed E-state index contributed by atoms with van der Waals surface area (Å²) in [6.45, 7) is 8.23. The number of rotatable bonds is 8. The Morgan fingerprint density at radius 2 is 1.85 bits per heavy atom. The lowest BCUT2D eigenvalue weighted by atomic mass is 9.72. The molecular formula is C23H31NO3. The second-order valence-corrected chi connectivity index (χ2v) is 7.23. The topological polar surface area (TPSA) is 39.7 Å². The summed E-state index contributed by atoms with van der Waals surface area (Å²) >= 11 is 0. The number of aryl methyl sites for hydroxylation is 1. The second-order valence-electron chi connectivity index (χ2n) is 7.23. The predicted octanol–water partition coefficient (Wildman–Crippen LogP) is 4.24. The average molecular weight is 370 g/mol. The van der Waals surface area contributed by atoms with Crippen LogP contribution in [-0.4, -0.2) is 33.5 Å². The predicted molar refractivity (Wildman–Crippen MR) is 109 cm³/mol. The molecule has 0 spiro atoms. The van der Waals surface area contributed by atoms with E-state index in [-0.39, 0.29) is 5.41 Å². The van der Waals surface area contributed by atoms with Crippen molar-refractivity contribution in [1.29, 1.82) is 0 Å². The third-order valence-corrected chi connectivity index (χ3v) is 5.49. The molecule has 0 aliphatic carbocycles. The van der Waals surface area contributed by atoms with Crippen LogP contribution in [0.15, 0.2) is 42.5 Å². The number of nitrogens with one attached hydrogen (secondary N) is 1. The Balaban J connectivity index is 1.72. The van der Waals surface area contributed by atoms with Crippen LogP contribution >= 0.6 is 0 Å². The van der Waals surface area contributed by atoms with Gasteiger partial charge in [-0.25, -0.2) is 0 Å². The summed E-state index contributed by atoms with van der Waals surface area (Å²) in [6, 6.07) is 14.9. The Hall–Kier alpha value is -2.04. The van der Waals surface area contributed by atoms with Crippen molar-refractivity contribution in [3.05, 3.63) is 59.2 Å². The maximum Gasteiger partial charge on any atom is 0.161 e. The molecule has 1 fully saturated rings. The zero-order chi connectivity index (χ0) is 19.1. The molecule has 146 valence electrons. The maximum atomic E-state index is 5.70. The van der Waals surface area contributed by atoms with E-state index in [0.29, 0.717) is 6.61 Å². The van der Waals surface area contributed by atoms with Crippen LogP contribution in [0.5, 0.6) is 11.5 Å². The summed E-state index contributed by atoms with van der Waals surface area (Å²) in [4.78, 5) is 0. The van der Waals surface area contributed by atoms with Gasteiger partial charge in [0.05, 0.1) is 13.7 Å². The average Bonchev–Trinajstić information content (AvgIpc) is 2.69. The summed E-state index contributed by atoms with van der Waals surface area (Å²) in [5.41, 5.74) is 4.15. The molecule has 1 aliphatic heterocycles. The Labute approximate surface area is 162 Å². The molecule has 1 heterocycles. The van der Waals surface area contributed by atoms with Crippen molar-refractivity contribution in [2.24, 2.45) is 0 Å². The summed E-state index contributed by atoms with van der Waals surface area (Å²) in [5.74, 6) is 1.58. The lowest BCUT2D eigenvalue weighted by Crippen LogP contribution is -2.43. The maximum absolute atomic E-state index is 5.70. The van der Waals surface area contributed by atoms with Gasteiger partial charge in [0.25, 0.3) is 0 Å². The Morgan fingerprint density at radius 3 is 2.56 bits per heavy atom. The molecule has 1 N–H and O–H groups in total. The number of benzene rings is 2. The van der Waals surface area contributed by atoms with E-state index < -0.39 is 0 Å². The highest BCUT2D eigenvalue weighted by Crippen LogP contribution is 2.36. The minimum absolute atomic E-state index is 0.138. The smallest absolute Gasteiger partial charge is 0.161 e. The molecule has 0 unspecified atom stereocenters. The summed E-state index contributed by atoms with van der Waals surface area (Å²) in [5, 5.41) is 3.69. The second kappa shape index (κ2) is 9.25. The molecule has 1 saturated heterocycles. The monoisotopic (exact) mass is 369 g/mol. The Bertz CT molecular complexity index is 738. The van der Waals surface area contributed by atoms with Crippen molar-refractivity contribution >= 4 is 0 Å². The highest BCUT2D eigenvalue weighted by molar-refractivity contribution is 5.43. The Morgan fingerprint density at radius 1 is 1.07 bits per heavy atom. The van der Waals surface area contributed by atoms with E-state index in [1.165, 1.54) is 16.7 Å². The highest BCUT2D eigenvalue weighted by atomic mass is 16.5. The van der Waals surface area contributed by atoms with Crippen molar-refractivity contribution < 1.29 is 14.2 Å². The largest absolute Gasteiger partial charge is 0.493 e. The third-order valence-electron chi connectivity index (χ3n) is 5.49. The van der Waals surface area contributed by atoms with Crippen LogP contribution in [0, 0.1) is 6.92 Å². The highest BCUT2D eigenvalue weighted by Gasteiger charge is 2.35. The fraction of sp³-hybridized carbons (Fsp3) is 0.478. The molecule has 0 bridgehead atoms. The van der Waals surface area contributed by atoms with Gasteiger partial charge >= 0.3 is 0 Å². The van der Waals surface area contributed by atoms with Gasteiger partial charge in [0.1, 0.15) is 0 Å². The van der Waals surface area contributed by atoms with Gasteiger partial charge in [0.2, 0.25) is 0 Å². The van der Waals surface area contributed by atoms with Gasteiger partial charge in [-0.2, -0.15) is 0 Å². The number of methoxy groups -OCH3 is 1. The molecule has 4 heteroatoms. The van der Waals surface area contributed by atoms with Gasteiger partial charge < -0.3 is 19.5 Å². The zero-order valence-corrected chi connectivity index (χ0v) is 16.7. The van der Waals surface area contributed by atoms with Gasteiger partial charge in [-0.05, 0) is 55.5 Å². The molecule has 0 radical (unpaired) electrons. The lowest BCUT2D eigenvalue weighted by Gasteiger charge is -2.39. The molecule has 4 nitrogen and oxygen atoms in total. The number of ether oxygens (including phenoxy) is 3. The fourth-order valence-electron chi connectivity index (χ4n) is 4.02. The number of hydrogen-bond donors (Lipinski definition) is 1. The van der Waals surface area contributed by atoms with E-state index in [1.54, 1.807) is 7.11 Å². The van der Waals surface area contributed by atoms with Crippen LogP contribution in [0.2, 0.25) is 0 Å². The van der Waals surface area contributed by atoms with Crippen LogP contribution in [-0.2, 0) is 16.7 Å². The van der Waals surface area contributed by atoms with E-state index in [0.717, 1.165) is 50.6 Å². The van der Waals surface area contributed by atoms with Crippen molar-refractivity contribution in [1.82, 2.24) is 5.32 Å². The molecule has 3 rings (SSSR count). The molecule has 2 aromatic rings. The first-order chi connectivity index (χ1) is 13.2. The van der Waals surface area contributed by atoms with Crippen LogP contribution in [0.3, 0.4) is 0 Å². The first kappa shape index (κ1) is 19.7. The first-order valence-corrected chi connectivity index (χ1v) is 9.83. The normalized spacial score (nSPS) is 16.1. The van der Waals surface area contributed by atoms with Crippen LogP contribution < -0.4 is 14.8 Å². The van der Waals surface area contributed by atoms with Crippen LogP contribution in [0.25, 0.3) is 0 Å². The molecule has 27 heavy (non-hydrogen) atoms. The standard InChI is InChI=1S/C23H31NO3/c1-4-27-22-15-19(9-10-21(22)25-3)16-24-17-23(11-13-26-14-12-23)20-8-6-5-7-18(20)2/h5-10,15,24H,4,11-14,16-17H2,1-3H3. The molecule has 2 aromatic carbocycles. The lowest BCUT2D eigenvalue weighted by molar-refractivity contribution is 0.0496. The summed E-state index contributed by atoms with van der Waals surface area (Å²) in [7, 11) is 1.67. The van der Waals surface area contributed by atoms with Gasteiger partial charge in [-0.1, -0.05) is 30.3 Å². The third kappa shape index (κ3) is 4.63. The quantitative estimate of drug-likeness (QED) is 0.755. The summed E-state index contributed by atoms with van der Waals surface area (Å²) in [6.07, 6.45) is 2.11. The van der Waals surface area contributed by atoms with E-state index >= 15 is 0 Å². The van der Waals surface area contributed by atoms with Gasteiger partial charge in [0.15, 0.2) is 11.5 Å². The zero-order valence-electron chi connectivity index (χ0n) is 16.7. The van der Waals surface area contributed by atoms with Gasteiger partial charge in [-0.3, -0.25) is 0 Å². The van der Waals surface area contributed by atoms with Gasteiger partial charge in [0, 0.05) is 31.7 Å². The van der Waals surface area contributed by atoms with E-state index in [1.807, 2.05) is 13.0 Å². The summed E-state index contributed by atoms with van der Waals surface area (Å²) < 4.78 is 16.7. The minimum atomic E-state index is 0.138. The molecular weight excluding hydrogens is 338 g/mol. The van der Waals surface area contributed by atoms with Crippen LogP contribution in [0.1, 0.15) is 36.5 Å². The molecule has 1 aliphatic rings. The van der Waals surface area contributed by atoms with Crippen molar-refractivity contribution in [3.8, 4) is 11.5 Å². The number of hydrogen-bond acceptors (Lipinski definition) is 4. The first-order valence-electron chi connectivity index (χ1n) is 9.83. The Kier molecular flexibility index (Phi) is 6.75. The minimum Gasteiger partial charge on any atom is -0.493 e. The van der Waals surface area contributed by atoms with Crippen LogP contribution in [0.4, 0.5) is 0 Å². The molecule has 0 aromatic heterocycles. The van der Waals surface area contributed by atoms with E-state index in [2.05, 4.69) is 48.6 Å². The van der Waals surface area contributed by atoms with E-state index in [9.17, 15) is 0 Å². The SMILES string of the molecule is CCOc1cc(CNCC2(c3ccccc3C)CCOCC2)ccc1OC. The fourth-order valence-corrected chi connectivity index (χ4v) is 4.02. The van der Waals surface area contributed by atoms with Crippen molar-refractivity contribution in [2.45, 2.75) is 38.6 Å². The van der Waals surface area contributed by atoms with E-state index in [4.69, 9.17) is 14.2 Å².